The highest BCUT2D eigenvalue weighted by molar-refractivity contribution is 6.35. The predicted octanol–water partition coefficient (Wildman–Crippen LogP) is 3.51. The van der Waals surface area contributed by atoms with Crippen LogP contribution in [0.3, 0.4) is 0 Å². The fourth-order valence-corrected chi connectivity index (χ4v) is 2.96. The number of hydrogen-bond acceptors (Lipinski definition) is 2. The molecule has 7 heteroatoms. The summed E-state index contributed by atoms with van der Waals surface area (Å²) in [5.41, 5.74) is 2.05. The summed E-state index contributed by atoms with van der Waals surface area (Å²) in [7, 11) is 0. The molecule has 104 valence electrons. The van der Waals surface area contributed by atoms with Crippen LogP contribution in [0.15, 0.2) is 12.1 Å². The van der Waals surface area contributed by atoms with Gasteiger partial charge in [-0.15, -0.1) is 0 Å². The topological polar surface area (TPSA) is 55.1 Å². The zero-order valence-corrected chi connectivity index (χ0v) is 11.7. The van der Waals surface area contributed by atoms with Gasteiger partial charge in [-0.05, 0) is 31.4 Å². The molecule has 1 heterocycles. The predicted molar refractivity (Wildman–Crippen MR) is 72.5 cm³/mol. The van der Waals surface area contributed by atoms with Gasteiger partial charge in [0, 0.05) is 11.3 Å². The van der Waals surface area contributed by atoms with E-state index in [1.807, 2.05) is 0 Å². The van der Waals surface area contributed by atoms with E-state index in [0.717, 1.165) is 24.1 Å². The smallest absolute Gasteiger partial charge is 0.356 e. The Morgan fingerprint density at radius 1 is 1.30 bits per heavy atom. The van der Waals surface area contributed by atoms with E-state index in [0.29, 0.717) is 12.1 Å². The molecule has 0 spiro atoms. The Balaban J connectivity index is 2.21. The number of carboxylic acids is 1. The highest BCUT2D eigenvalue weighted by Crippen LogP contribution is 2.31. The van der Waals surface area contributed by atoms with Gasteiger partial charge >= 0.3 is 5.97 Å². The summed E-state index contributed by atoms with van der Waals surface area (Å²) >= 11 is 11.5. The SMILES string of the molecule is O=C(O)c1nn(-c2cc(Cl)c(F)c(Cl)c2)c2c1CCC2. The highest BCUT2D eigenvalue weighted by Gasteiger charge is 2.27. The van der Waals surface area contributed by atoms with Gasteiger partial charge in [-0.3, -0.25) is 0 Å². The molecule has 0 fully saturated rings. The van der Waals surface area contributed by atoms with Crippen molar-refractivity contribution < 1.29 is 14.3 Å². The molecule has 1 aliphatic rings. The first kappa shape index (κ1) is 13.4. The van der Waals surface area contributed by atoms with E-state index in [4.69, 9.17) is 23.2 Å². The van der Waals surface area contributed by atoms with Gasteiger partial charge in [-0.2, -0.15) is 5.10 Å². The van der Waals surface area contributed by atoms with Crippen LogP contribution in [0.5, 0.6) is 0 Å². The van der Waals surface area contributed by atoms with Crippen LogP contribution >= 0.6 is 23.2 Å². The molecule has 0 unspecified atom stereocenters. The highest BCUT2D eigenvalue weighted by atomic mass is 35.5. The van der Waals surface area contributed by atoms with E-state index in [2.05, 4.69) is 5.10 Å². The van der Waals surface area contributed by atoms with Gasteiger partial charge in [0.25, 0.3) is 0 Å². The van der Waals surface area contributed by atoms with Gasteiger partial charge < -0.3 is 5.11 Å². The molecule has 0 radical (unpaired) electrons. The zero-order chi connectivity index (χ0) is 14.4. The Morgan fingerprint density at radius 3 is 2.55 bits per heavy atom. The van der Waals surface area contributed by atoms with Crippen molar-refractivity contribution in [2.24, 2.45) is 0 Å². The molecule has 1 aliphatic carbocycles. The second kappa shape index (κ2) is 4.75. The van der Waals surface area contributed by atoms with Gasteiger partial charge in [-0.1, -0.05) is 23.2 Å². The first-order valence-electron chi connectivity index (χ1n) is 5.98. The number of nitrogens with zero attached hydrogens (tertiary/aromatic N) is 2. The lowest BCUT2D eigenvalue weighted by Crippen LogP contribution is -2.05. The second-order valence-electron chi connectivity index (χ2n) is 4.57. The van der Waals surface area contributed by atoms with E-state index >= 15 is 0 Å². The molecule has 1 N–H and O–H groups in total. The molecule has 0 aliphatic heterocycles. The summed E-state index contributed by atoms with van der Waals surface area (Å²) < 4.78 is 14.9. The number of fused-ring (bicyclic) bond motifs is 1. The minimum Gasteiger partial charge on any atom is -0.476 e. The molecule has 3 rings (SSSR count). The average Bonchev–Trinajstić information content (AvgIpc) is 2.96. The van der Waals surface area contributed by atoms with Gasteiger partial charge in [-0.25, -0.2) is 13.9 Å². The van der Waals surface area contributed by atoms with E-state index in [1.54, 1.807) is 0 Å². The number of benzene rings is 1. The number of carbonyl (C=O) groups is 1. The molecule has 0 amide bonds. The van der Waals surface area contributed by atoms with E-state index in [1.165, 1.54) is 16.8 Å². The van der Waals surface area contributed by atoms with E-state index < -0.39 is 11.8 Å². The van der Waals surface area contributed by atoms with Crippen LogP contribution in [0.25, 0.3) is 5.69 Å². The normalized spacial score (nSPS) is 13.6. The van der Waals surface area contributed by atoms with Crippen LogP contribution in [-0.4, -0.2) is 20.9 Å². The molecule has 20 heavy (non-hydrogen) atoms. The van der Waals surface area contributed by atoms with Crippen LogP contribution in [-0.2, 0) is 12.8 Å². The van der Waals surface area contributed by atoms with Crippen molar-refractivity contribution in [2.45, 2.75) is 19.3 Å². The Kier molecular flexibility index (Phi) is 3.18. The van der Waals surface area contributed by atoms with Crippen LogP contribution in [0.4, 0.5) is 4.39 Å². The third-order valence-corrected chi connectivity index (χ3v) is 3.90. The molecular formula is C13H9Cl2FN2O2. The number of aromatic nitrogens is 2. The molecule has 0 saturated carbocycles. The summed E-state index contributed by atoms with van der Waals surface area (Å²) in [6.07, 6.45) is 2.28. The Hall–Kier alpha value is -1.59. The number of aromatic carboxylic acids is 1. The molecular weight excluding hydrogens is 306 g/mol. The van der Waals surface area contributed by atoms with Crippen molar-refractivity contribution in [3.63, 3.8) is 0 Å². The maximum Gasteiger partial charge on any atom is 0.356 e. The summed E-state index contributed by atoms with van der Waals surface area (Å²) in [6, 6.07) is 2.78. The van der Waals surface area contributed by atoms with Gasteiger partial charge in [0.15, 0.2) is 11.5 Å². The molecule has 0 saturated heterocycles. The standard InChI is InChI=1S/C13H9Cl2FN2O2/c14-8-4-6(5-9(15)11(8)16)18-10-3-1-2-7(10)12(17-18)13(19)20/h4-5H,1-3H2,(H,19,20). The third kappa shape index (κ3) is 1.98. The summed E-state index contributed by atoms with van der Waals surface area (Å²) in [4.78, 5) is 11.2. The Labute approximate surface area is 123 Å². The average molecular weight is 315 g/mol. The largest absolute Gasteiger partial charge is 0.476 e. The fourth-order valence-electron chi connectivity index (χ4n) is 2.49. The molecule has 1 aromatic carbocycles. The van der Waals surface area contributed by atoms with Gasteiger partial charge in [0.1, 0.15) is 0 Å². The van der Waals surface area contributed by atoms with E-state index in [-0.39, 0.29) is 15.7 Å². The lowest BCUT2D eigenvalue weighted by Gasteiger charge is -2.07. The van der Waals surface area contributed by atoms with Crippen molar-refractivity contribution in [2.75, 3.05) is 0 Å². The molecule has 2 aromatic rings. The van der Waals surface area contributed by atoms with Crippen LogP contribution < -0.4 is 0 Å². The first-order chi connectivity index (χ1) is 9.49. The minimum absolute atomic E-state index is 0.0362. The molecule has 0 bridgehead atoms. The third-order valence-electron chi connectivity index (χ3n) is 3.35. The van der Waals surface area contributed by atoms with Crippen molar-refractivity contribution in [1.82, 2.24) is 9.78 Å². The van der Waals surface area contributed by atoms with Crippen LogP contribution in [0, 0.1) is 5.82 Å². The van der Waals surface area contributed by atoms with E-state index in [9.17, 15) is 14.3 Å². The maximum absolute atomic E-state index is 13.4. The summed E-state index contributed by atoms with van der Waals surface area (Å²) in [5, 5.41) is 13.0. The maximum atomic E-state index is 13.4. The molecule has 1 aromatic heterocycles. The molecule has 4 nitrogen and oxygen atoms in total. The zero-order valence-electron chi connectivity index (χ0n) is 10.2. The minimum atomic E-state index is -1.07. The lowest BCUT2D eigenvalue weighted by atomic mass is 10.2. The van der Waals surface area contributed by atoms with Gasteiger partial charge in [0.2, 0.25) is 0 Å². The lowest BCUT2D eigenvalue weighted by molar-refractivity contribution is 0.0689. The molecule has 0 atom stereocenters. The number of halogens is 3. The van der Waals surface area contributed by atoms with Crippen molar-refractivity contribution in [1.29, 1.82) is 0 Å². The van der Waals surface area contributed by atoms with Crippen molar-refractivity contribution in [3.8, 4) is 5.69 Å². The Morgan fingerprint density at radius 2 is 1.95 bits per heavy atom. The first-order valence-corrected chi connectivity index (χ1v) is 6.73. The van der Waals surface area contributed by atoms with Crippen LogP contribution in [0.2, 0.25) is 10.0 Å². The quantitative estimate of drug-likeness (QED) is 0.863. The fraction of sp³-hybridized carbons (Fsp3) is 0.231. The van der Waals surface area contributed by atoms with Crippen molar-refractivity contribution >= 4 is 29.2 Å². The number of rotatable bonds is 2. The Bertz CT molecular complexity index is 704. The second-order valence-corrected chi connectivity index (χ2v) is 5.38. The monoisotopic (exact) mass is 314 g/mol. The summed E-state index contributed by atoms with van der Waals surface area (Å²) in [5.74, 6) is -1.76. The van der Waals surface area contributed by atoms with Gasteiger partial charge in [0.05, 0.1) is 15.7 Å². The number of hydrogen-bond donors (Lipinski definition) is 1. The van der Waals surface area contributed by atoms with Crippen molar-refractivity contribution in [3.05, 3.63) is 44.9 Å². The summed E-state index contributed by atoms with van der Waals surface area (Å²) in [6.45, 7) is 0. The van der Waals surface area contributed by atoms with Crippen LogP contribution in [0.1, 0.15) is 28.2 Å². The number of carboxylic acid groups (broad SMARTS) is 1.